The Kier molecular flexibility index (Phi) is 7.01. The molecule has 2 aromatic carbocycles. The van der Waals surface area contributed by atoms with Crippen LogP contribution in [0, 0.1) is 5.82 Å². The van der Waals surface area contributed by atoms with E-state index >= 15 is 0 Å². The van der Waals surface area contributed by atoms with Gasteiger partial charge in [0.25, 0.3) is 5.91 Å². The maximum atomic E-state index is 13.4. The molecule has 2 aromatic rings. The summed E-state index contributed by atoms with van der Waals surface area (Å²) >= 11 is 0. The van der Waals surface area contributed by atoms with E-state index < -0.39 is 0 Å². The van der Waals surface area contributed by atoms with Gasteiger partial charge in [0.15, 0.2) is 0 Å². The highest BCUT2D eigenvalue weighted by atomic mass is 19.1. The van der Waals surface area contributed by atoms with E-state index in [4.69, 9.17) is 4.74 Å². The Bertz CT molecular complexity index is 756. The van der Waals surface area contributed by atoms with Crippen molar-refractivity contribution in [1.82, 2.24) is 15.1 Å². The third-order valence-corrected chi connectivity index (χ3v) is 5.12. The predicted octanol–water partition coefficient (Wildman–Crippen LogP) is 2.94. The van der Waals surface area contributed by atoms with Crippen molar-refractivity contribution >= 4 is 5.91 Å². The topological polar surface area (TPSA) is 44.8 Å². The van der Waals surface area contributed by atoms with E-state index in [1.165, 1.54) is 12.1 Å². The SMILES string of the molecule is CCOc1ccc(C(=O)NC[C@@H](c2ccc(F)cc2)N2CCN(C)CC2)cc1. The Hall–Kier alpha value is -2.44. The molecule has 0 unspecified atom stereocenters. The molecule has 1 saturated heterocycles. The lowest BCUT2D eigenvalue weighted by Crippen LogP contribution is -2.48. The van der Waals surface area contributed by atoms with Crippen LogP contribution in [-0.2, 0) is 0 Å². The van der Waals surface area contributed by atoms with E-state index in [9.17, 15) is 9.18 Å². The van der Waals surface area contributed by atoms with E-state index in [-0.39, 0.29) is 17.8 Å². The molecular weight excluding hydrogens is 357 g/mol. The van der Waals surface area contributed by atoms with Gasteiger partial charge in [0.1, 0.15) is 11.6 Å². The highest BCUT2D eigenvalue weighted by Crippen LogP contribution is 2.22. The molecule has 1 atom stereocenters. The molecule has 1 N–H and O–H groups in total. The highest BCUT2D eigenvalue weighted by molar-refractivity contribution is 5.94. The minimum Gasteiger partial charge on any atom is -0.494 e. The summed E-state index contributed by atoms with van der Waals surface area (Å²) in [5.74, 6) is 0.379. The molecule has 1 amide bonds. The van der Waals surface area contributed by atoms with Crippen LogP contribution in [0.15, 0.2) is 48.5 Å². The van der Waals surface area contributed by atoms with Crippen molar-refractivity contribution in [3.05, 3.63) is 65.5 Å². The van der Waals surface area contributed by atoms with Gasteiger partial charge in [-0.1, -0.05) is 12.1 Å². The third kappa shape index (κ3) is 5.30. The van der Waals surface area contributed by atoms with E-state index in [2.05, 4.69) is 22.2 Å². The maximum absolute atomic E-state index is 13.4. The first-order chi connectivity index (χ1) is 13.6. The summed E-state index contributed by atoms with van der Waals surface area (Å²) in [4.78, 5) is 17.2. The van der Waals surface area contributed by atoms with Crippen molar-refractivity contribution in [3.8, 4) is 5.75 Å². The van der Waals surface area contributed by atoms with E-state index in [1.807, 2.05) is 6.92 Å². The van der Waals surface area contributed by atoms with Crippen molar-refractivity contribution < 1.29 is 13.9 Å². The predicted molar refractivity (Wildman–Crippen MR) is 108 cm³/mol. The van der Waals surface area contributed by atoms with Crippen LogP contribution in [0.5, 0.6) is 5.75 Å². The molecule has 28 heavy (non-hydrogen) atoms. The number of nitrogens with zero attached hydrogens (tertiary/aromatic N) is 2. The largest absolute Gasteiger partial charge is 0.494 e. The second kappa shape index (κ2) is 9.66. The molecule has 1 aliphatic rings. The normalized spacial score (nSPS) is 16.5. The number of hydrogen-bond acceptors (Lipinski definition) is 4. The summed E-state index contributed by atoms with van der Waals surface area (Å²) in [6, 6.07) is 13.7. The summed E-state index contributed by atoms with van der Waals surface area (Å²) < 4.78 is 18.8. The van der Waals surface area contributed by atoms with Gasteiger partial charge in [0, 0.05) is 38.3 Å². The molecule has 0 spiro atoms. The lowest BCUT2D eigenvalue weighted by atomic mass is 10.0. The molecular formula is C22H28FN3O2. The zero-order valence-corrected chi connectivity index (χ0v) is 16.5. The van der Waals surface area contributed by atoms with Crippen LogP contribution in [-0.4, -0.2) is 62.1 Å². The van der Waals surface area contributed by atoms with Crippen LogP contribution in [0.1, 0.15) is 28.9 Å². The molecule has 1 heterocycles. The fourth-order valence-corrected chi connectivity index (χ4v) is 3.44. The fraction of sp³-hybridized carbons (Fsp3) is 0.409. The Balaban J connectivity index is 1.68. The number of amides is 1. The van der Waals surface area contributed by atoms with E-state index in [0.717, 1.165) is 37.5 Å². The van der Waals surface area contributed by atoms with Gasteiger partial charge < -0.3 is 15.0 Å². The number of carbonyl (C=O) groups is 1. The number of carbonyl (C=O) groups excluding carboxylic acids is 1. The van der Waals surface area contributed by atoms with Crippen LogP contribution >= 0.6 is 0 Å². The minimum atomic E-state index is -0.251. The van der Waals surface area contributed by atoms with Gasteiger partial charge in [-0.3, -0.25) is 9.69 Å². The molecule has 1 fully saturated rings. The first-order valence-electron chi connectivity index (χ1n) is 9.76. The summed E-state index contributed by atoms with van der Waals surface area (Å²) in [6.45, 7) is 6.77. The Morgan fingerprint density at radius 1 is 1.07 bits per heavy atom. The number of piperazine rings is 1. The number of hydrogen-bond donors (Lipinski definition) is 1. The molecule has 0 radical (unpaired) electrons. The van der Waals surface area contributed by atoms with Gasteiger partial charge in [-0.15, -0.1) is 0 Å². The van der Waals surface area contributed by atoms with Crippen LogP contribution in [0.4, 0.5) is 4.39 Å². The van der Waals surface area contributed by atoms with Crippen LogP contribution < -0.4 is 10.1 Å². The van der Waals surface area contributed by atoms with Crippen LogP contribution in [0.3, 0.4) is 0 Å². The van der Waals surface area contributed by atoms with E-state index in [1.54, 1.807) is 36.4 Å². The van der Waals surface area contributed by atoms with Gasteiger partial charge in [0.2, 0.25) is 0 Å². The number of rotatable bonds is 7. The third-order valence-electron chi connectivity index (χ3n) is 5.12. The van der Waals surface area contributed by atoms with Crippen molar-refractivity contribution in [2.45, 2.75) is 13.0 Å². The second-order valence-electron chi connectivity index (χ2n) is 7.07. The minimum absolute atomic E-state index is 0.0148. The average molecular weight is 385 g/mol. The number of ether oxygens (including phenoxy) is 1. The molecule has 0 saturated carbocycles. The Morgan fingerprint density at radius 3 is 2.32 bits per heavy atom. The smallest absolute Gasteiger partial charge is 0.251 e. The van der Waals surface area contributed by atoms with Crippen LogP contribution in [0.25, 0.3) is 0 Å². The van der Waals surface area contributed by atoms with Crippen molar-refractivity contribution in [3.63, 3.8) is 0 Å². The first-order valence-corrected chi connectivity index (χ1v) is 9.76. The summed E-state index contributed by atoms with van der Waals surface area (Å²) in [5, 5.41) is 3.04. The maximum Gasteiger partial charge on any atom is 0.251 e. The molecule has 0 aliphatic carbocycles. The summed E-state index contributed by atoms with van der Waals surface area (Å²) in [6.07, 6.45) is 0. The highest BCUT2D eigenvalue weighted by Gasteiger charge is 2.24. The standard InChI is InChI=1S/C22H28FN3O2/c1-3-28-20-10-6-18(7-11-20)22(27)24-16-21(17-4-8-19(23)9-5-17)26-14-12-25(2)13-15-26/h4-11,21H,3,12-16H2,1-2H3,(H,24,27)/t21-/m0/s1. The average Bonchev–Trinajstić information content (AvgIpc) is 2.71. The first kappa shape index (κ1) is 20.3. The molecule has 6 heteroatoms. The molecule has 5 nitrogen and oxygen atoms in total. The summed E-state index contributed by atoms with van der Waals surface area (Å²) in [5.41, 5.74) is 1.61. The van der Waals surface area contributed by atoms with Gasteiger partial charge in [-0.05, 0) is 55.9 Å². The van der Waals surface area contributed by atoms with Crippen LogP contribution in [0.2, 0.25) is 0 Å². The zero-order chi connectivity index (χ0) is 19.9. The van der Waals surface area contributed by atoms with Crippen molar-refractivity contribution in [1.29, 1.82) is 0 Å². The number of nitrogens with one attached hydrogen (secondary N) is 1. The molecule has 1 aliphatic heterocycles. The van der Waals surface area contributed by atoms with Crippen molar-refractivity contribution in [2.24, 2.45) is 0 Å². The Labute approximate surface area is 166 Å². The van der Waals surface area contributed by atoms with Gasteiger partial charge >= 0.3 is 0 Å². The van der Waals surface area contributed by atoms with E-state index in [0.29, 0.717) is 18.7 Å². The summed E-state index contributed by atoms with van der Waals surface area (Å²) in [7, 11) is 2.11. The molecule has 150 valence electrons. The second-order valence-corrected chi connectivity index (χ2v) is 7.07. The van der Waals surface area contributed by atoms with Gasteiger partial charge in [0.05, 0.1) is 12.6 Å². The monoisotopic (exact) mass is 385 g/mol. The number of halogens is 1. The van der Waals surface area contributed by atoms with Crippen molar-refractivity contribution in [2.75, 3.05) is 46.4 Å². The fourth-order valence-electron chi connectivity index (χ4n) is 3.44. The molecule has 0 bridgehead atoms. The quantitative estimate of drug-likeness (QED) is 0.796. The van der Waals surface area contributed by atoms with Gasteiger partial charge in [-0.25, -0.2) is 4.39 Å². The number of benzene rings is 2. The lowest BCUT2D eigenvalue weighted by molar-refractivity contribution is 0.0886. The lowest BCUT2D eigenvalue weighted by Gasteiger charge is -2.38. The van der Waals surface area contributed by atoms with Gasteiger partial charge in [-0.2, -0.15) is 0 Å². The number of likely N-dealkylation sites (N-methyl/N-ethyl adjacent to an activating group) is 1. The Morgan fingerprint density at radius 2 is 1.71 bits per heavy atom. The zero-order valence-electron chi connectivity index (χ0n) is 16.5. The molecule has 0 aromatic heterocycles. The molecule has 3 rings (SSSR count).